The number of carbonyl (C=O) groups is 2. The first-order chi connectivity index (χ1) is 16.9. The van der Waals surface area contributed by atoms with Crippen LogP contribution >= 0.6 is 11.3 Å². The van der Waals surface area contributed by atoms with Crippen molar-refractivity contribution in [3.63, 3.8) is 0 Å². The highest BCUT2D eigenvalue weighted by molar-refractivity contribution is 7.21. The Kier molecular flexibility index (Phi) is 6.09. The summed E-state index contributed by atoms with van der Waals surface area (Å²) in [6, 6.07) is 7.29. The van der Waals surface area contributed by atoms with Crippen LogP contribution in [0.5, 0.6) is 5.88 Å². The summed E-state index contributed by atoms with van der Waals surface area (Å²) in [5.74, 6) is -2.62. The molecule has 0 radical (unpaired) electrons. The summed E-state index contributed by atoms with van der Waals surface area (Å²) in [6.45, 7) is 1.79. The molecule has 0 atom stereocenters. The number of anilines is 1. The molecule has 4 aromatic rings. The lowest BCUT2D eigenvalue weighted by Crippen LogP contribution is -2.18. The summed E-state index contributed by atoms with van der Waals surface area (Å²) < 4.78 is 45.7. The Balaban J connectivity index is 1.97. The lowest BCUT2D eigenvalue weighted by atomic mass is 10.00. The number of ether oxygens (including phenoxy) is 1. The first-order valence-electron chi connectivity index (χ1n) is 9.92. The number of aryl methyl sites for hydroxylation is 1. The van der Waals surface area contributed by atoms with Crippen molar-refractivity contribution in [1.29, 1.82) is 0 Å². The van der Waals surface area contributed by atoms with E-state index in [1.807, 2.05) is 0 Å². The van der Waals surface area contributed by atoms with Crippen molar-refractivity contribution in [2.75, 3.05) is 12.4 Å². The number of hydrogen-bond acceptors (Lipinski definition) is 8. The van der Waals surface area contributed by atoms with Crippen molar-refractivity contribution in [3.05, 3.63) is 62.3 Å². The maximum Gasteiger partial charge on any atom is 0.433 e. The molecule has 0 saturated heterocycles. The summed E-state index contributed by atoms with van der Waals surface area (Å²) in [5.41, 5.74) is 3.82. The number of rotatable bonds is 6. The number of carbonyl (C=O) groups excluding carboxylic acids is 2. The molecular formula is C21H15F3N6O5S. The topological polar surface area (TPSA) is 166 Å². The molecule has 1 aromatic carbocycles. The van der Waals surface area contributed by atoms with Crippen LogP contribution in [0.2, 0.25) is 0 Å². The van der Waals surface area contributed by atoms with E-state index in [0.29, 0.717) is 16.9 Å². The zero-order valence-electron chi connectivity index (χ0n) is 18.4. The third-order valence-corrected chi connectivity index (χ3v) is 6.19. The van der Waals surface area contributed by atoms with Gasteiger partial charge in [0.05, 0.1) is 17.7 Å². The van der Waals surface area contributed by atoms with Crippen LogP contribution in [0.1, 0.15) is 31.4 Å². The molecule has 186 valence electrons. The van der Waals surface area contributed by atoms with Gasteiger partial charge in [-0.05, 0) is 24.1 Å². The molecule has 0 aliphatic heterocycles. The van der Waals surface area contributed by atoms with Crippen molar-refractivity contribution in [1.82, 2.24) is 15.2 Å². The largest absolute Gasteiger partial charge is 0.475 e. The van der Waals surface area contributed by atoms with E-state index < -0.39 is 45.9 Å². The first kappa shape index (κ1) is 24.6. The number of H-pyrrole nitrogens is 1. The number of amides is 2. The molecule has 36 heavy (non-hydrogen) atoms. The average molecular weight is 520 g/mol. The van der Waals surface area contributed by atoms with Gasteiger partial charge in [-0.15, -0.1) is 16.4 Å². The van der Waals surface area contributed by atoms with Gasteiger partial charge >= 0.3 is 17.7 Å². The maximum atomic E-state index is 13.6. The Bertz CT molecular complexity index is 1530. The lowest BCUT2D eigenvalue weighted by molar-refractivity contribution is -0.386. The third kappa shape index (κ3) is 4.31. The summed E-state index contributed by atoms with van der Waals surface area (Å²) in [7, 11) is 1.11. The maximum absolute atomic E-state index is 13.6. The second kappa shape index (κ2) is 8.92. The van der Waals surface area contributed by atoms with E-state index in [9.17, 15) is 32.9 Å². The highest BCUT2D eigenvalue weighted by Gasteiger charge is 2.36. The number of nitrogens with two attached hydrogens (primary N) is 1. The van der Waals surface area contributed by atoms with Crippen molar-refractivity contribution in [2.45, 2.75) is 13.1 Å². The van der Waals surface area contributed by atoms with Gasteiger partial charge in [0.2, 0.25) is 5.69 Å². The molecule has 0 fully saturated rings. The molecule has 0 aliphatic rings. The van der Waals surface area contributed by atoms with Crippen molar-refractivity contribution >= 4 is 44.7 Å². The van der Waals surface area contributed by atoms with E-state index in [0.717, 1.165) is 18.7 Å². The molecule has 0 aliphatic carbocycles. The highest BCUT2D eigenvalue weighted by Crippen LogP contribution is 2.44. The average Bonchev–Trinajstić information content (AvgIpc) is 3.40. The number of primary amides is 1. The van der Waals surface area contributed by atoms with Gasteiger partial charge in [-0.2, -0.15) is 13.2 Å². The predicted molar refractivity (Wildman–Crippen MR) is 123 cm³/mol. The monoisotopic (exact) mass is 520 g/mol. The van der Waals surface area contributed by atoms with Crippen LogP contribution in [0.3, 0.4) is 0 Å². The molecule has 3 heterocycles. The number of nitrogens with one attached hydrogen (secondary N) is 2. The van der Waals surface area contributed by atoms with Crippen LogP contribution in [-0.2, 0) is 6.18 Å². The van der Waals surface area contributed by atoms with Crippen molar-refractivity contribution in [2.24, 2.45) is 5.73 Å². The molecular weight excluding hydrogens is 505 g/mol. The molecule has 3 aromatic heterocycles. The number of benzene rings is 1. The van der Waals surface area contributed by atoms with E-state index >= 15 is 0 Å². The Labute approximate surface area is 203 Å². The fourth-order valence-electron chi connectivity index (χ4n) is 3.46. The van der Waals surface area contributed by atoms with E-state index in [4.69, 9.17) is 10.5 Å². The van der Waals surface area contributed by atoms with Crippen molar-refractivity contribution < 1.29 is 32.4 Å². The quantitative estimate of drug-likeness (QED) is 0.252. The minimum atomic E-state index is -4.80. The van der Waals surface area contributed by atoms with Gasteiger partial charge in [0, 0.05) is 5.39 Å². The Morgan fingerprint density at radius 2 is 1.92 bits per heavy atom. The van der Waals surface area contributed by atoms with E-state index in [-0.39, 0.29) is 26.3 Å². The zero-order chi connectivity index (χ0) is 26.4. The van der Waals surface area contributed by atoms with Crippen LogP contribution in [-0.4, -0.2) is 39.0 Å². The normalized spacial score (nSPS) is 11.5. The fourth-order valence-corrected chi connectivity index (χ4v) is 4.47. The number of aromatic nitrogens is 3. The Morgan fingerprint density at radius 1 is 1.25 bits per heavy atom. The summed E-state index contributed by atoms with van der Waals surface area (Å²) in [4.78, 5) is 38.9. The number of methoxy groups -OCH3 is 1. The second-order valence-corrected chi connectivity index (χ2v) is 8.44. The van der Waals surface area contributed by atoms with Crippen LogP contribution < -0.4 is 15.8 Å². The number of pyridine rings is 1. The third-order valence-electron chi connectivity index (χ3n) is 5.09. The number of thiophene rings is 1. The second-order valence-electron chi connectivity index (χ2n) is 7.44. The lowest BCUT2D eigenvalue weighted by Gasteiger charge is -2.12. The number of fused-ring (bicyclic) bond motifs is 1. The molecule has 0 saturated carbocycles. The molecule has 2 amide bonds. The number of halogens is 3. The predicted octanol–water partition coefficient (Wildman–Crippen LogP) is 4.28. The van der Waals surface area contributed by atoms with Crippen LogP contribution in [0.15, 0.2) is 30.3 Å². The number of nitro groups is 1. The number of alkyl halides is 3. The van der Waals surface area contributed by atoms with Gasteiger partial charge < -0.3 is 15.8 Å². The van der Waals surface area contributed by atoms with Gasteiger partial charge in [0.15, 0.2) is 0 Å². The standard InChI is InChI=1S/C21H15F3N6O5S/c1-8-3-5-9(6-4-8)10-7-11(21(22,23)24)26-20-12(10)13(16(36-20)17(25)31)27-18(32)14-15(30(33)34)19(35-2)29-28-14/h3-7H,1-2H3,(H2,25,31)(H,27,32)(H,28,29). The molecule has 4 rings (SSSR count). The van der Waals surface area contributed by atoms with Crippen LogP contribution in [0.4, 0.5) is 24.5 Å². The van der Waals surface area contributed by atoms with E-state index in [2.05, 4.69) is 20.5 Å². The van der Waals surface area contributed by atoms with Crippen LogP contribution in [0, 0.1) is 17.0 Å². The Morgan fingerprint density at radius 3 is 2.47 bits per heavy atom. The molecule has 4 N–H and O–H groups in total. The summed E-state index contributed by atoms with van der Waals surface area (Å²) in [5, 5.41) is 19.6. The van der Waals surface area contributed by atoms with Gasteiger partial charge in [-0.25, -0.2) is 4.98 Å². The van der Waals surface area contributed by atoms with Crippen molar-refractivity contribution in [3.8, 4) is 17.0 Å². The zero-order valence-corrected chi connectivity index (χ0v) is 19.2. The van der Waals surface area contributed by atoms with E-state index in [1.165, 1.54) is 0 Å². The number of nitrogens with zero attached hydrogens (tertiary/aromatic N) is 3. The highest BCUT2D eigenvalue weighted by atomic mass is 32.1. The van der Waals surface area contributed by atoms with Gasteiger partial charge in [-0.3, -0.25) is 24.8 Å². The summed E-state index contributed by atoms with van der Waals surface area (Å²) in [6.07, 6.45) is -4.80. The minimum Gasteiger partial charge on any atom is -0.475 e. The van der Waals surface area contributed by atoms with Crippen LogP contribution in [0.25, 0.3) is 21.3 Å². The van der Waals surface area contributed by atoms with Gasteiger partial charge in [-0.1, -0.05) is 29.8 Å². The number of aromatic amines is 1. The molecule has 15 heteroatoms. The summed E-state index contributed by atoms with van der Waals surface area (Å²) >= 11 is 0.547. The smallest absolute Gasteiger partial charge is 0.433 e. The SMILES string of the molecule is COc1n[nH]c(C(=O)Nc2c(C(N)=O)sc3nc(C(F)(F)F)cc(-c4ccc(C)cc4)c23)c1[N+](=O)[O-]. The first-order valence-corrected chi connectivity index (χ1v) is 10.7. The molecule has 0 unspecified atom stereocenters. The molecule has 11 nitrogen and oxygen atoms in total. The van der Waals surface area contributed by atoms with Gasteiger partial charge in [0.25, 0.3) is 11.8 Å². The van der Waals surface area contributed by atoms with Gasteiger partial charge in [0.1, 0.15) is 15.4 Å². The Hall–Kier alpha value is -4.53. The van der Waals surface area contributed by atoms with E-state index in [1.54, 1.807) is 31.2 Å². The number of hydrogen-bond donors (Lipinski definition) is 3. The molecule has 0 spiro atoms. The minimum absolute atomic E-state index is 0.00753. The fraction of sp³-hybridized carbons (Fsp3) is 0.143. The molecule has 0 bridgehead atoms.